The smallest absolute Gasteiger partial charge is 0.326 e. The Labute approximate surface area is 151 Å². The molecule has 2 aromatic rings. The first kappa shape index (κ1) is 16.4. The summed E-state index contributed by atoms with van der Waals surface area (Å²) in [6.45, 7) is 2.42. The number of amides is 1. The summed E-state index contributed by atoms with van der Waals surface area (Å²) in [7, 11) is -3.56. The average Bonchev–Trinajstić information content (AvgIpc) is 3.26. The molecule has 1 N–H and O–H groups in total. The van der Waals surface area contributed by atoms with Crippen LogP contribution in [-0.4, -0.2) is 33.5 Å². The van der Waals surface area contributed by atoms with E-state index in [1.165, 1.54) is 19.9 Å². The van der Waals surface area contributed by atoms with Crippen molar-refractivity contribution in [2.75, 3.05) is 21.7 Å². The second-order valence-electron chi connectivity index (χ2n) is 6.34. The molecule has 0 radical (unpaired) electrons. The summed E-state index contributed by atoms with van der Waals surface area (Å²) in [5.41, 5.74) is 2.48. The number of fused-ring (bicyclic) bond motifs is 1. The number of para-hydroxylation sites is 2. The fraction of sp³-hybridized carbons (Fsp3) is 0.353. The zero-order valence-corrected chi connectivity index (χ0v) is 15.4. The number of thiophene rings is 1. The Kier molecular flexibility index (Phi) is 3.96. The predicted octanol–water partition coefficient (Wildman–Crippen LogP) is 2.52. The molecule has 6 nitrogen and oxygen atoms in total. The molecule has 1 saturated carbocycles. The van der Waals surface area contributed by atoms with Gasteiger partial charge in [-0.1, -0.05) is 12.1 Å². The van der Waals surface area contributed by atoms with Gasteiger partial charge in [0.15, 0.2) is 0 Å². The van der Waals surface area contributed by atoms with Gasteiger partial charge in [-0.2, -0.15) is 8.42 Å². The molecule has 1 fully saturated rings. The first-order valence-corrected chi connectivity index (χ1v) is 10.5. The third kappa shape index (κ3) is 2.89. The van der Waals surface area contributed by atoms with Gasteiger partial charge in [0.25, 0.3) is 5.91 Å². The number of nitrogens with one attached hydrogen (secondary N) is 1. The molecule has 0 bridgehead atoms. The number of aryl methyl sites for hydroxylation is 1. The lowest BCUT2D eigenvalue weighted by molar-refractivity contribution is 0.0959. The van der Waals surface area contributed by atoms with E-state index in [2.05, 4.69) is 5.32 Å². The van der Waals surface area contributed by atoms with E-state index in [1.807, 2.05) is 42.6 Å². The summed E-state index contributed by atoms with van der Waals surface area (Å²) in [5.74, 6) is -0.165. The maximum absolute atomic E-state index is 12.9. The van der Waals surface area contributed by atoms with E-state index >= 15 is 0 Å². The maximum Gasteiger partial charge on any atom is 0.326 e. The highest BCUT2D eigenvalue weighted by Gasteiger charge is 2.47. The fourth-order valence-electron chi connectivity index (χ4n) is 3.05. The molecule has 1 amide bonds. The van der Waals surface area contributed by atoms with Gasteiger partial charge in [-0.15, -0.1) is 11.3 Å². The maximum atomic E-state index is 12.9. The van der Waals surface area contributed by atoms with Gasteiger partial charge in [-0.05, 0) is 48.9 Å². The van der Waals surface area contributed by atoms with Crippen LogP contribution in [0.1, 0.15) is 28.1 Å². The van der Waals surface area contributed by atoms with Gasteiger partial charge in [0.2, 0.25) is 0 Å². The van der Waals surface area contributed by atoms with Crippen LogP contribution in [0.2, 0.25) is 0 Å². The number of hydrogen-bond acceptors (Lipinski definition) is 4. The average molecular weight is 377 g/mol. The highest BCUT2D eigenvalue weighted by atomic mass is 32.2. The molecule has 0 saturated heterocycles. The minimum Gasteiger partial charge on any atom is -0.350 e. The second kappa shape index (κ2) is 6.03. The molecule has 1 aromatic heterocycles. The van der Waals surface area contributed by atoms with Crippen LogP contribution < -0.4 is 13.9 Å². The van der Waals surface area contributed by atoms with Gasteiger partial charge in [0.1, 0.15) is 0 Å². The van der Waals surface area contributed by atoms with Crippen LogP contribution >= 0.6 is 11.3 Å². The Balaban J connectivity index is 1.49. The number of carbonyl (C=O) groups is 1. The quantitative estimate of drug-likeness (QED) is 0.870. The van der Waals surface area contributed by atoms with E-state index in [4.69, 9.17) is 0 Å². The minimum atomic E-state index is -3.56. The van der Waals surface area contributed by atoms with Crippen LogP contribution in [0.3, 0.4) is 0 Å². The van der Waals surface area contributed by atoms with Gasteiger partial charge >= 0.3 is 10.2 Å². The zero-order chi connectivity index (χ0) is 17.6. The van der Waals surface area contributed by atoms with Crippen LogP contribution in [0.15, 0.2) is 35.7 Å². The van der Waals surface area contributed by atoms with Crippen molar-refractivity contribution in [2.24, 2.45) is 0 Å². The summed E-state index contributed by atoms with van der Waals surface area (Å²) in [5, 5.41) is 4.73. The molecule has 0 spiro atoms. The first-order valence-electron chi connectivity index (χ1n) is 8.23. The lowest BCUT2D eigenvalue weighted by atomic mass is 10.2. The summed E-state index contributed by atoms with van der Waals surface area (Å²) in [6.07, 6.45) is 1.80. The van der Waals surface area contributed by atoms with Gasteiger partial charge in [0, 0.05) is 12.6 Å². The van der Waals surface area contributed by atoms with Crippen molar-refractivity contribution < 1.29 is 13.2 Å². The number of rotatable bonds is 5. The van der Waals surface area contributed by atoms with E-state index in [0.717, 1.165) is 24.1 Å². The standard InChI is InChI=1S/C17H19N3O3S2/c1-12-10-16(24-11-12)17(21)18-8-9-19-14-4-2-3-5-15(14)20(13-6-7-13)25(19,22)23/h2-5,10-11,13H,6-9H2,1H3,(H,18,21). The molecule has 2 heterocycles. The van der Waals surface area contributed by atoms with Crippen molar-refractivity contribution in [3.8, 4) is 0 Å². The van der Waals surface area contributed by atoms with Crippen molar-refractivity contribution in [2.45, 2.75) is 25.8 Å². The van der Waals surface area contributed by atoms with Gasteiger partial charge in [-0.25, -0.2) is 8.61 Å². The molecular formula is C17H19N3O3S2. The molecule has 1 aliphatic heterocycles. The summed E-state index contributed by atoms with van der Waals surface area (Å²) in [4.78, 5) is 12.8. The molecule has 132 valence electrons. The first-order chi connectivity index (χ1) is 12.0. The van der Waals surface area contributed by atoms with Crippen molar-refractivity contribution in [3.63, 3.8) is 0 Å². The van der Waals surface area contributed by atoms with Crippen LogP contribution in [0.25, 0.3) is 0 Å². The lowest BCUT2D eigenvalue weighted by Crippen LogP contribution is -2.42. The van der Waals surface area contributed by atoms with E-state index < -0.39 is 10.2 Å². The highest BCUT2D eigenvalue weighted by Crippen LogP contribution is 2.46. The van der Waals surface area contributed by atoms with Crippen molar-refractivity contribution in [1.29, 1.82) is 0 Å². The normalized spacial score (nSPS) is 18.3. The summed E-state index contributed by atoms with van der Waals surface area (Å²) >= 11 is 1.39. The molecular weight excluding hydrogens is 358 g/mol. The zero-order valence-electron chi connectivity index (χ0n) is 13.8. The Hall–Kier alpha value is -2.06. The van der Waals surface area contributed by atoms with Crippen molar-refractivity contribution in [3.05, 3.63) is 46.2 Å². The Morgan fingerprint density at radius 2 is 2.00 bits per heavy atom. The number of benzene rings is 1. The van der Waals surface area contributed by atoms with Crippen molar-refractivity contribution >= 4 is 38.8 Å². The fourth-order valence-corrected chi connectivity index (χ4v) is 5.80. The van der Waals surface area contributed by atoms with Gasteiger partial charge < -0.3 is 5.32 Å². The number of anilines is 2. The van der Waals surface area contributed by atoms with Gasteiger partial charge in [-0.3, -0.25) is 4.79 Å². The molecule has 1 aliphatic carbocycles. The van der Waals surface area contributed by atoms with Crippen LogP contribution in [0.4, 0.5) is 11.4 Å². The van der Waals surface area contributed by atoms with E-state index in [-0.39, 0.29) is 25.0 Å². The van der Waals surface area contributed by atoms with E-state index in [0.29, 0.717) is 10.6 Å². The predicted molar refractivity (Wildman–Crippen MR) is 99.6 cm³/mol. The van der Waals surface area contributed by atoms with Crippen LogP contribution in [0, 0.1) is 6.92 Å². The Bertz CT molecular complexity index is 919. The van der Waals surface area contributed by atoms with Crippen LogP contribution in [-0.2, 0) is 10.2 Å². The third-order valence-corrected chi connectivity index (χ3v) is 7.32. The molecule has 4 rings (SSSR count). The molecule has 8 heteroatoms. The summed E-state index contributed by atoms with van der Waals surface area (Å²) < 4.78 is 28.8. The number of carbonyl (C=O) groups excluding carboxylic acids is 1. The van der Waals surface area contributed by atoms with Gasteiger partial charge in [0.05, 0.1) is 22.8 Å². The van der Waals surface area contributed by atoms with Crippen molar-refractivity contribution in [1.82, 2.24) is 5.32 Å². The summed E-state index contributed by atoms with van der Waals surface area (Å²) in [6, 6.07) is 9.26. The minimum absolute atomic E-state index is 0.0693. The molecule has 1 aromatic carbocycles. The molecule has 25 heavy (non-hydrogen) atoms. The Morgan fingerprint density at radius 3 is 2.64 bits per heavy atom. The largest absolute Gasteiger partial charge is 0.350 e. The molecule has 0 atom stereocenters. The molecule has 0 unspecified atom stereocenters. The molecule has 2 aliphatic rings. The second-order valence-corrected chi connectivity index (χ2v) is 8.98. The highest BCUT2D eigenvalue weighted by molar-refractivity contribution is 7.94. The third-order valence-electron chi connectivity index (χ3n) is 4.35. The Morgan fingerprint density at radius 1 is 1.28 bits per heavy atom. The SMILES string of the molecule is Cc1csc(C(=O)NCCN2c3ccccc3N(C3CC3)S2(=O)=O)c1. The van der Waals surface area contributed by atoms with Crippen LogP contribution in [0.5, 0.6) is 0 Å². The number of nitrogens with zero attached hydrogens (tertiary/aromatic N) is 2. The van der Waals surface area contributed by atoms with E-state index in [9.17, 15) is 13.2 Å². The lowest BCUT2D eigenvalue weighted by Gasteiger charge is -2.21. The monoisotopic (exact) mass is 377 g/mol. The van der Waals surface area contributed by atoms with E-state index in [1.54, 1.807) is 0 Å². The topological polar surface area (TPSA) is 69.7 Å². The number of hydrogen-bond donors (Lipinski definition) is 1.